The molecule has 0 aromatic heterocycles. The summed E-state index contributed by atoms with van der Waals surface area (Å²) in [5.41, 5.74) is 0. The maximum absolute atomic E-state index is 11.8. The third kappa shape index (κ3) is 3.23. The van der Waals surface area contributed by atoms with Crippen molar-refractivity contribution in [2.24, 2.45) is 0 Å². The van der Waals surface area contributed by atoms with Crippen molar-refractivity contribution in [2.75, 3.05) is 12.4 Å². The van der Waals surface area contributed by atoms with Gasteiger partial charge in [-0.15, -0.1) is 11.8 Å². The molecule has 0 saturated carbocycles. The largest absolute Gasteiger partial charge is 0.481 e. The summed E-state index contributed by atoms with van der Waals surface area (Å²) in [5.74, 6) is 1.48. The second kappa shape index (κ2) is 5.56. The van der Waals surface area contributed by atoms with Crippen molar-refractivity contribution in [3.8, 4) is 5.75 Å². The van der Waals surface area contributed by atoms with Crippen molar-refractivity contribution in [1.29, 1.82) is 0 Å². The lowest BCUT2D eigenvalue weighted by Gasteiger charge is -2.24. The molecule has 1 unspecified atom stereocenters. The first-order valence-electron chi connectivity index (χ1n) is 5.69. The number of Topliss-reactive ketones (excluding diaryl/α,β-unsaturated/α-hetero) is 1. The van der Waals surface area contributed by atoms with Gasteiger partial charge in [-0.25, -0.2) is 0 Å². The third-order valence-electron chi connectivity index (χ3n) is 2.43. The fourth-order valence-electron chi connectivity index (χ4n) is 1.52. The number of para-hydroxylation sites is 1. The number of ether oxygens (including phenoxy) is 2. The molecule has 92 valence electrons. The van der Waals surface area contributed by atoms with Crippen LogP contribution in [0.25, 0.3) is 0 Å². The fourth-order valence-corrected chi connectivity index (χ4v) is 2.54. The molecular formula is C13H16O3S. The Morgan fingerprint density at radius 3 is 3.06 bits per heavy atom. The normalized spacial score (nSPS) is 18.6. The number of hydrogen-bond acceptors (Lipinski definition) is 4. The summed E-state index contributed by atoms with van der Waals surface area (Å²) in [5, 5.41) is 0. The van der Waals surface area contributed by atoms with Crippen molar-refractivity contribution in [3.05, 3.63) is 24.3 Å². The van der Waals surface area contributed by atoms with Crippen LogP contribution in [0.4, 0.5) is 0 Å². The molecule has 17 heavy (non-hydrogen) atoms. The Balaban J connectivity index is 1.95. The van der Waals surface area contributed by atoms with E-state index in [1.54, 1.807) is 11.8 Å². The standard InChI is InChI=1S/C13H16O3S/c1-9(2)15-7-10(14)12-8-17-13-6-4-3-5-11(13)16-12/h3-6,9,12H,7-8H2,1-2H3. The topological polar surface area (TPSA) is 35.5 Å². The highest BCUT2D eigenvalue weighted by Gasteiger charge is 2.26. The van der Waals surface area contributed by atoms with Gasteiger partial charge in [-0.05, 0) is 26.0 Å². The number of ketones is 1. The lowest BCUT2D eigenvalue weighted by atomic mass is 10.2. The molecule has 1 aromatic rings. The zero-order chi connectivity index (χ0) is 12.3. The van der Waals surface area contributed by atoms with Crippen molar-refractivity contribution >= 4 is 17.5 Å². The van der Waals surface area contributed by atoms with Gasteiger partial charge in [-0.1, -0.05) is 12.1 Å². The Morgan fingerprint density at radius 2 is 2.29 bits per heavy atom. The van der Waals surface area contributed by atoms with Crippen LogP contribution in [0.5, 0.6) is 5.75 Å². The molecule has 2 rings (SSSR count). The van der Waals surface area contributed by atoms with E-state index < -0.39 is 0 Å². The fraction of sp³-hybridized carbons (Fsp3) is 0.462. The zero-order valence-electron chi connectivity index (χ0n) is 10.0. The molecule has 3 nitrogen and oxygen atoms in total. The Hall–Kier alpha value is -1.00. The summed E-state index contributed by atoms with van der Waals surface area (Å²) in [4.78, 5) is 12.9. The highest BCUT2D eigenvalue weighted by molar-refractivity contribution is 7.99. The first kappa shape index (κ1) is 12.5. The van der Waals surface area contributed by atoms with E-state index >= 15 is 0 Å². The van der Waals surface area contributed by atoms with Gasteiger partial charge in [-0.3, -0.25) is 4.79 Å². The van der Waals surface area contributed by atoms with Crippen LogP contribution in [0.3, 0.4) is 0 Å². The van der Waals surface area contributed by atoms with Crippen LogP contribution in [0.2, 0.25) is 0 Å². The number of hydrogen-bond donors (Lipinski definition) is 0. The lowest BCUT2D eigenvalue weighted by molar-refractivity contribution is -0.131. The molecule has 1 aromatic carbocycles. The molecule has 1 aliphatic rings. The first-order chi connectivity index (χ1) is 8.16. The van der Waals surface area contributed by atoms with Gasteiger partial charge in [-0.2, -0.15) is 0 Å². The van der Waals surface area contributed by atoms with Gasteiger partial charge in [0.1, 0.15) is 12.4 Å². The molecule has 0 amide bonds. The summed E-state index contributed by atoms with van der Waals surface area (Å²) in [7, 11) is 0. The molecule has 0 N–H and O–H groups in total. The van der Waals surface area contributed by atoms with E-state index in [0.717, 1.165) is 10.6 Å². The summed E-state index contributed by atoms with van der Waals surface area (Å²) in [6.45, 7) is 3.96. The molecule has 0 aliphatic carbocycles. The van der Waals surface area contributed by atoms with Gasteiger partial charge < -0.3 is 9.47 Å². The third-order valence-corrected chi connectivity index (χ3v) is 3.54. The van der Waals surface area contributed by atoms with Crippen LogP contribution in [-0.4, -0.2) is 30.4 Å². The Kier molecular flexibility index (Phi) is 4.07. The van der Waals surface area contributed by atoms with Crippen LogP contribution in [0.1, 0.15) is 13.8 Å². The molecule has 1 heterocycles. The quantitative estimate of drug-likeness (QED) is 0.825. The van der Waals surface area contributed by atoms with E-state index in [-0.39, 0.29) is 24.6 Å². The molecule has 0 radical (unpaired) electrons. The van der Waals surface area contributed by atoms with E-state index in [0.29, 0.717) is 5.75 Å². The maximum atomic E-state index is 11.8. The Bertz CT molecular complexity index is 403. The number of benzene rings is 1. The van der Waals surface area contributed by atoms with Crippen LogP contribution in [-0.2, 0) is 9.53 Å². The number of rotatable bonds is 4. The molecule has 4 heteroatoms. The maximum Gasteiger partial charge on any atom is 0.199 e. The van der Waals surface area contributed by atoms with Gasteiger partial charge >= 0.3 is 0 Å². The zero-order valence-corrected chi connectivity index (χ0v) is 10.8. The van der Waals surface area contributed by atoms with Gasteiger partial charge in [0.25, 0.3) is 0 Å². The van der Waals surface area contributed by atoms with Crippen LogP contribution >= 0.6 is 11.8 Å². The predicted molar refractivity (Wildman–Crippen MR) is 67.7 cm³/mol. The summed E-state index contributed by atoms with van der Waals surface area (Å²) >= 11 is 1.66. The SMILES string of the molecule is CC(C)OCC(=O)C1CSc2ccccc2O1. The van der Waals surface area contributed by atoms with E-state index in [4.69, 9.17) is 9.47 Å². The van der Waals surface area contributed by atoms with E-state index in [1.165, 1.54) is 0 Å². The average Bonchev–Trinajstić information content (AvgIpc) is 2.35. The highest BCUT2D eigenvalue weighted by atomic mass is 32.2. The van der Waals surface area contributed by atoms with Crippen molar-refractivity contribution < 1.29 is 14.3 Å². The summed E-state index contributed by atoms with van der Waals surface area (Å²) in [6.07, 6.45) is -0.309. The summed E-state index contributed by atoms with van der Waals surface area (Å²) < 4.78 is 11.0. The Labute approximate surface area is 105 Å². The van der Waals surface area contributed by atoms with Crippen LogP contribution in [0.15, 0.2) is 29.2 Å². The number of carbonyl (C=O) groups is 1. The van der Waals surface area contributed by atoms with Gasteiger partial charge in [0.05, 0.1) is 6.10 Å². The first-order valence-corrected chi connectivity index (χ1v) is 6.68. The monoisotopic (exact) mass is 252 g/mol. The predicted octanol–water partition coefficient (Wildman–Crippen LogP) is 2.53. The number of carbonyl (C=O) groups excluding carboxylic acids is 1. The smallest absolute Gasteiger partial charge is 0.199 e. The van der Waals surface area contributed by atoms with E-state index in [1.807, 2.05) is 38.1 Å². The van der Waals surface area contributed by atoms with Crippen LogP contribution < -0.4 is 4.74 Å². The second-order valence-electron chi connectivity index (χ2n) is 4.19. The van der Waals surface area contributed by atoms with Crippen molar-refractivity contribution in [2.45, 2.75) is 31.0 Å². The minimum atomic E-state index is -0.381. The minimum Gasteiger partial charge on any atom is -0.481 e. The molecule has 1 aliphatic heterocycles. The highest BCUT2D eigenvalue weighted by Crippen LogP contribution is 2.35. The van der Waals surface area contributed by atoms with Gasteiger partial charge in [0.15, 0.2) is 11.9 Å². The molecule has 0 bridgehead atoms. The second-order valence-corrected chi connectivity index (χ2v) is 5.25. The van der Waals surface area contributed by atoms with Gasteiger partial charge in [0.2, 0.25) is 0 Å². The Morgan fingerprint density at radius 1 is 1.53 bits per heavy atom. The summed E-state index contributed by atoms with van der Waals surface area (Å²) in [6, 6.07) is 7.78. The number of fused-ring (bicyclic) bond motifs is 1. The molecular weight excluding hydrogens is 236 g/mol. The molecule has 0 saturated heterocycles. The van der Waals surface area contributed by atoms with Crippen molar-refractivity contribution in [3.63, 3.8) is 0 Å². The van der Waals surface area contributed by atoms with E-state index in [2.05, 4.69) is 0 Å². The van der Waals surface area contributed by atoms with Crippen LogP contribution in [0, 0.1) is 0 Å². The number of thioether (sulfide) groups is 1. The van der Waals surface area contributed by atoms with Crippen molar-refractivity contribution in [1.82, 2.24) is 0 Å². The molecule has 1 atom stereocenters. The molecule has 0 fully saturated rings. The average molecular weight is 252 g/mol. The van der Waals surface area contributed by atoms with E-state index in [9.17, 15) is 4.79 Å². The minimum absolute atomic E-state index is 0.0145. The lowest BCUT2D eigenvalue weighted by Crippen LogP contribution is -2.35. The van der Waals surface area contributed by atoms with Gasteiger partial charge in [0, 0.05) is 10.6 Å². The molecule has 0 spiro atoms.